The minimum Gasteiger partial charge on any atom is -0.314 e. The van der Waals surface area contributed by atoms with Gasteiger partial charge in [0.1, 0.15) is 11.4 Å². The third-order valence-corrected chi connectivity index (χ3v) is 5.40. The summed E-state index contributed by atoms with van der Waals surface area (Å²) in [5.74, 6) is -0.327. The molecule has 0 bridgehead atoms. The van der Waals surface area contributed by atoms with Gasteiger partial charge in [0.15, 0.2) is 0 Å². The number of non-ortho nitro benzene ring substituents is 1. The summed E-state index contributed by atoms with van der Waals surface area (Å²) in [6.45, 7) is 3.63. The van der Waals surface area contributed by atoms with Gasteiger partial charge in [0.05, 0.1) is 16.6 Å². The Morgan fingerprint density at radius 1 is 1.31 bits per heavy atom. The SMILES string of the molecule is Cc1sc2ncn(CC(=O)N(C)c3ccc([N+](=O)[O-])cc3)c(=O)c2c1C. The number of carbonyl (C=O) groups excluding carboxylic acids is 1. The van der Waals surface area contributed by atoms with Gasteiger partial charge in [-0.3, -0.25) is 24.3 Å². The third kappa shape index (κ3) is 3.08. The van der Waals surface area contributed by atoms with Crippen LogP contribution in [0.4, 0.5) is 11.4 Å². The molecule has 0 saturated carbocycles. The quantitative estimate of drug-likeness (QED) is 0.518. The minimum atomic E-state index is -0.503. The zero-order valence-corrected chi connectivity index (χ0v) is 15.2. The molecule has 0 saturated heterocycles. The second-order valence-electron chi connectivity index (χ2n) is 5.87. The van der Waals surface area contributed by atoms with E-state index in [1.807, 2.05) is 13.8 Å². The maximum Gasteiger partial charge on any atom is 0.269 e. The van der Waals surface area contributed by atoms with Crippen LogP contribution in [0.2, 0.25) is 0 Å². The molecule has 0 unspecified atom stereocenters. The highest BCUT2D eigenvalue weighted by atomic mass is 32.1. The van der Waals surface area contributed by atoms with Crippen molar-refractivity contribution in [3.05, 3.63) is 61.5 Å². The van der Waals surface area contributed by atoms with Gasteiger partial charge in [-0.15, -0.1) is 11.3 Å². The second-order valence-corrected chi connectivity index (χ2v) is 7.07. The summed E-state index contributed by atoms with van der Waals surface area (Å²) in [6.07, 6.45) is 1.38. The smallest absolute Gasteiger partial charge is 0.269 e. The number of rotatable bonds is 4. The van der Waals surface area contributed by atoms with Gasteiger partial charge in [-0.05, 0) is 31.5 Å². The first-order chi connectivity index (χ1) is 12.3. The number of anilines is 1. The fourth-order valence-corrected chi connectivity index (χ4v) is 3.56. The summed E-state index contributed by atoms with van der Waals surface area (Å²) in [5, 5.41) is 11.3. The molecule has 3 rings (SSSR count). The number of carbonyl (C=O) groups is 1. The lowest BCUT2D eigenvalue weighted by Gasteiger charge is -2.17. The molecule has 1 aromatic carbocycles. The van der Waals surface area contributed by atoms with E-state index in [2.05, 4.69) is 4.98 Å². The number of amides is 1. The number of nitro groups is 1. The second kappa shape index (κ2) is 6.68. The van der Waals surface area contributed by atoms with E-state index in [9.17, 15) is 19.7 Å². The average Bonchev–Trinajstić information content (AvgIpc) is 2.91. The van der Waals surface area contributed by atoms with Gasteiger partial charge in [0.2, 0.25) is 5.91 Å². The van der Waals surface area contributed by atoms with Crippen molar-refractivity contribution in [2.24, 2.45) is 0 Å². The molecule has 26 heavy (non-hydrogen) atoms. The molecule has 0 aliphatic heterocycles. The number of aryl methyl sites for hydroxylation is 2. The van der Waals surface area contributed by atoms with Crippen LogP contribution in [0.1, 0.15) is 10.4 Å². The van der Waals surface area contributed by atoms with Crippen LogP contribution in [0.25, 0.3) is 10.2 Å². The van der Waals surface area contributed by atoms with Gasteiger partial charge in [0, 0.05) is 29.7 Å². The van der Waals surface area contributed by atoms with Crippen LogP contribution >= 0.6 is 11.3 Å². The van der Waals surface area contributed by atoms with Crippen LogP contribution in [0.15, 0.2) is 35.4 Å². The minimum absolute atomic E-state index is 0.0521. The lowest BCUT2D eigenvalue weighted by molar-refractivity contribution is -0.384. The molecule has 134 valence electrons. The Kier molecular flexibility index (Phi) is 4.56. The first-order valence-corrected chi connectivity index (χ1v) is 8.57. The summed E-state index contributed by atoms with van der Waals surface area (Å²) < 4.78 is 1.28. The predicted molar refractivity (Wildman–Crippen MR) is 99.9 cm³/mol. The Bertz CT molecular complexity index is 1070. The molecule has 0 radical (unpaired) electrons. The molecule has 0 atom stereocenters. The first kappa shape index (κ1) is 17.7. The van der Waals surface area contributed by atoms with Crippen molar-refractivity contribution in [3.8, 4) is 0 Å². The van der Waals surface area contributed by atoms with Crippen molar-refractivity contribution < 1.29 is 9.72 Å². The lowest BCUT2D eigenvalue weighted by Crippen LogP contribution is -2.34. The van der Waals surface area contributed by atoms with Crippen molar-refractivity contribution in [1.29, 1.82) is 0 Å². The Labute approximate surface area is 152 Å². The molecule has 8 nitrogen and oxygen atoms in total. The number of benzene rings is 1. The molecular formula is C17H16N4O4S. The average molecular weight is 372 g/mol. The molecule has 2 aromatic heterocycles. The van der Waals surface area contributed by atoms with E-state index < -0.39 is 4.92 Å². The molecule has 0 spiro atoms. The van der Waals surface area contributed by atoms with Gasteiger partial charge in [-0.1, -0.05) is 0 Å². The Hall–Kier alpha value is -3.07. The van der Waals surface area contributed by atoms with Crippen molar-refractivity contribution >= 4 is 38.8 Å². The van der Waals surface area contributed by atoms with E-state index in [1.54, 1.807) is 7.05 Å². The maximum atomic E-state index is 12.7. The number of thiophene rings is 1. The molecule has 0 aliphatic carbocycles. The van der Waals surface area contributed by atoms with Crippen LogP contribution in [-0.4, -0.2) is 27.4 Å². The summed E-state index contributed by atoms with van der Waals surface area (Å²) in [5.41, 5.74) is 1.09. The Morgan fingerprint density at radius 2 is 1.96 bits per heavy atom. The fraction of sp³-hybridized carbons (Fsp3) is 0.235. The molecule has 2 heterocycles. The standard InChI is InChI=1S/C17H16N4O4S/c1-10-11(2)26-16-15(10)17(23)20(9-18-16)8-14(22)19(3)12-4-6-13(7-5-12)21(24)25/h4-7,9H,8H2,1-3H3. The van der Waals surface area contributed by atoms with E-state index in [1.165, 1.54) is 51.4 Å². The highest BCUT2D eigenvalue weighted by Gasteiger charge is 2.17. The summed E-state index contributed by atoms with van der Waals surface area (Å²) in [6, 6.07) is 5.64. The topological polar surface area (TPSA) is 98.3 Å². The van der Waals surface area contributed by atoms with Gasteiger partial charge in [-0.2, -0.15) is 0 Å². The molecule has 0 N–H and O–H groups in total. The highest BCUT2D eigenvalue weighted by molar-refractivity contribution is 7.18. The fourth-order valence-electron chi connectivity index (χ4n) is 2.58. The van der Waals surface area contributed by atoms with E-state index >= 15 is 0 Å². The van der Waals surface area contributed by atoms with Crippen LogP contribution in [-0.2, 0) is 11.3 Å². The maximum absolute atomic E-state index is 12.7. The molecule has 0 fully saturated rings. The highest BCUT2D eigenvalue weighted by Crippen LogP contribution is 2.25. The monoisotopic (exact) mass is 372 g/mol. The van der Waals surface area contributed by atoms with E-state index in [-0.39, 0.29) is 23.7 Å². The van der Waals surface area contributed by atoms with Crippen LogP contribution in [0, 0.1) is 24.0 Å². The molecule has 3 aromatic rings. The van der Waals surface area contributed by atoms with E-state index in [4.69, 9.17) is 0 Å². The normalized spacial score (nSPS) is 10.9. The zero-order valence-electron chi connectivity index (χ0n) is 14.4. The number of hydrogen-bond acceptors (Lipinski definition) is 6. The predicted octanol–water partition coefficient (Wildman–Crippen LogP) is 2.65. The molecule has 9 heteroatoms. The zero-order chi connectivity index (χ0) is 19.0. The summed E-state index contributed by atoms with van der Waals surface area (Å²) in [4.78, 5) is 42.7. The van der Waals surface area contributed by atoms with Gasteiger partial charge in [-0.25, -0.2) is 4.98 Å². The number of likely N-dealkylation sites (N-methyl/N-ethyl adjacent to an activating group) is 1. The molecule has 1 amide bonds. The molecule has 0 aliphatic rings. The first-order valence-electron chi connectivity index (χ1n) is 7.75. The van der Waals surface area contributed by atoms with E-state index in [0.29, 0.717) is 15.9 Å². The van der Waals surface area contributed by atoms with Crippen LogP contribution < -0.4 is 10.5 Å². The number of nitro benzene ring substituents is 1. The lowest BCUT2D eigenvalue weighted by atomic mass is 10.2. The summed E-state index contributed by atoms with van der Waals surface area (Å²) in [7, 11) is 1.56. The van der Waals surface area contributed by atoms with Gasteiger partial charge < -0.3 is 4.90 Å². The van der Waals surface area contributed by atoms with E-state index in [0.717, 1.165) is 10.4 Å². The Morgan fingerprint density at radius 3 is 2.58 bits per heavy atom. The van der Waals surface area contributed by atoms with Crippen molar-refractivity contribution in [3.63, 3.8) is 0 Å². The largest absolute Gasteiger partial charge is 0.314 e. The number of nitrogens with zero attached hydrogens (tertiary/aromatic N) is 4. The third-order valence-electron chi connectivity index (χ3n) is 4.28. The van der Waals surface area contributed by atoms with Gasteiger partial charge in [0.25, 0.3) is 11.2 Å². The van der Waals surface area contributed by atoms with Crippen LogP contribution in [0.5, 0.6) is 0 Å². The van der Waals surface area contributed by atoms with Gasteiger partial charge >= 0.3 is 0 Å². The Balaban J connectivity index is 1.86. The van der Waals surface area contributed by atoms with Crippen molar-refractivity contribution in [2.75, 3.05) is 11.9 Å². The summed E-state index contributed by atoms with van der Waals surface area (Å²) >= 11 is 1.45. The molecular weight excluding hydrogens is 356 g/mol. The number of hydrogen-bond donors (Lipinski definition) is 0. The number of fused-ring (bicyclic) bond motifs is 1. The van der Waals surface area contributed by atoms with Crippen molar-refractivity contribution in [1.82, 2.24) is 9.55 Å². The van der Waals surface area contributed by atoms with Crippen molar-refractivity contribution in [2.45, 2.75) is 20.4 Å². The van der Waals surface area contributed by atoms with Crippen LogP contribution in [0.3, 0.4) is 0 Å². The number of aromatic nitrogens is 2.